The van der Waals surface area contributed by atoms with Gasteiger partial charge in [-0.3, -0.25) is 14.6 Å². The molecule has 0 aromatic heterocycles. The van der Waals surface area contributed by atoms with E-state index in [1.165, 1.54) is 4.90 Å². The van der Waals surface area contributed by atoms with Crippen LogP contribution in [0.4, 0.5) is 4.79 Å². The van der Waals surface area contributed by atoms with Crippen molar-refractivity contribution >= 4 is 36.2 Å². The predicted molar refractivity (Wildman–Crippen MR) is 153 cm³/mol. The summed E-state index contributed by atoms with van der Waals surface area (Å²) < 4.78 is 5.50. The molecule has 1 saturated heterocycles. The number of aliphatic carboxylic acids is 1. The van der Waals surface area contributed by atoms with Crippen molar-refractivity contribution in [2.24, 2.45) is 10.7 Å². The molecule has 1 heterocycles. The highest BCUT2D eigenvalue weighted by atomic mass is 35.5. The number of hydrogen-bond acceptors (Lipinski definition) is 5. The maximum Gasteiger partial charge on any atom is 0.410 e. The highest BCUT2D eigenvalue weighted by Crippen LogP contribution is 2.32. The second-order valence-electron chi connectivity index (χ2n) is 9.70. The first-order valence-electron chi connectivity index (χ1n) is 13.2. The lowest BCUT2D eigenvalue weighted by Gasteiger charge is -2.37. The second-order valence-corrected chi connectivity index (χ2v) is 9.70. The Hall–Kier alpha value is -3.59. The highest BCUT2D eigenvalue weighted by molar-refractivity contribution is 5.97. The standard InChI is InChI=1S/C29H38N4O5.ClH/c1-3-4-16-31-28(30)22-13-11-21(12-14-22)25-18-24(38-29(37)33(25)2)19-26(34)32-23(17-27(35)36)15-10-20-8-6-5-7-9-20;/h5-9,11-14,23-25H,3-4,10,15-19H2,1-2H3,(H2,30,31)(H,32,34)(H,35,36);1H/t23-,24-,25+;/m1./s1. The molecule has 2 amide bonds. The Morgan fingerprint density at radius 1 is 1.18 bits per heavy atom. The number of halogens is 1. The van der Waals surface area contributed by atoms with Crippen molar-refractivity contribution in [2.75, 3.05) is 13.6 Å². The van der Waals surface area contributed by atoms with Gasteiger partial charge in [0.05, 0.1) is 18.9 Å². The average Bonchev–Trinajstić information content (AvgIpc) is 2.89. The van der Waals surface area contributed by atoms with Crippen LogP contribution in [0.25, 0.3) is 0 Å². The first kappa shape index (κ1) is 31.6. The topological polar surface area (TPSA) is 134 Å². The number of ether oxygens (including phenoxy) is 1. The number of carbonyl (C=O) groups is 3. The Bertz CT molecular complexity index is 1110. The quantitative estimate of drug-likeness (QED) is 0.188. The molecule has 2 aromatic carbocycles. The van der Waals surface area contributed by atoms with E-state index in [4.69, 9.17) is 10.5 Å². The van der Waals surface area contributed by atoms with E-state index in [9.17, 15) is 19.5 Å². The molecule has 1 fully saturated rings. The van der Waals surface area contributed by atoms with E-state index in [1.54, 1.807) is 7.05 Å². The van der Waals surface area contributed by atoms with Crippen LogP contribution >= 0.6 is 12.4 Å². The third-order valence-electron chi connectivity index (χ3n) is 6.72. The van der Waals surface area contributed by atoms with Crippen LogP contribution in [-0.2, 0) is 20.7 Å². The summed E-state index contributed by atoms with van der Waals surface area (Å²) in [4.78, 5) is 42.7. The van der Waals surface area contributed by atoms with Gasteiger partial charge in [0.2, 0.25) is 5.91 Å². The summed E-state index contributed by atoms with van der Waals surface area (Å²) in [6, 6.07) is 16.5. The van der Waals surface area contributed by atoms with Crippen LogP contribution in [-0.4, -0.2) is 59.6 Å². The fraction of sp³-hybridized carbons (Fsp3) is 0.448. The maximum atomic E-state index is 12.8. The second kappa shape index (κ2) is 15.7. The fourth-order valence-electron chi connectivity index (χ4n) is 4.53. The van der Waals surface area contributed by atoms with Gasteiger partial charge < -0.3 is 25.8 Å². The Balaban J connectivity index is 0.00000533. The van der Waals surface area contributed by atoms with Crippen molar-refractivity contribution in [3.05, 3.63) is 71.3 Å². The molecule has 212 valence electrons. The van der Waals surface area contributed by atoms with Gasteiger partial charge in [-0.2, -0.15) is 0 Å². The lowest BCUT2D eigenvalue weighted by molar-refractivity contribution is -0.137. The summed E-state index contributed by atoms with van der Waals surface area (Å²) in [7, 11) is 1.67. The molecule has 9 nitrogen and oxygen atoms in total. The van der Waals surface area contributed by atoms with Crippen LogP contribution in [0.1, 0.15) is 68.2 Å². The molecule has 0 radical (unpaired) electrons. The summed E-state index contributed by atoms with van der Waals surface area (Å²) in [6.45, 7) is 2.79. The first-order valence-corrected chi connectivity index (χ1v) is 13.2. The van der Waals surface area contributed by atoms with Crippen molar-refractivity contribution in [2.45, 2.75) is 70.1 Å². The molecule has 0 unspecified atom stereocenters. The molecule has 0 saturated carbocycles. The van der Waals surface area contributed by atoms with Gasteiger partial charge in [0, 0.05) is 31.6 Å². The molecule has 0 spiro atoms. The van der Waals surface area contributed by atoms with Gasteiger partial charge >= 0.3 is 12.1 Å². The first-order chi connectivity index (χ1) is 18.3. The highest BCUT2D eigenvalue weighted by Gasteiger charge is 2.35. The zero-order chi connectivity index (χ0) is 27.5. The van der Waals surface area contributed by atoms with Gasteiger partial charge in [0.15, 0.2) is 0 Å². The van der Waals surface area contributed by atoms with Crippen LogP contribution in [0.3, 0.4) is 0 Å². The number of carboxylic acids is 1. The number of hydrogen-bond donors (Lipinski definition) is 3. The van der Waals surface area contributed by atoms with Crippen LogP contribution in [0.15, 0.2) is 59.6 Å². The van der Waals surface area contributed by atoms with Crippen LogP contribution in [0.5, 0.6) is 0 Å². The van der Waals surface area contributed by atoms with Gasteiger partial charge in [-0.1, -0.05) is 67.9 Å². The summed E-state index contributed by atoms with van der Waals surface area (Å²) in [5, 5.41) is 12.1. The predicted octanol–water partition coefficient (Wildman–Crippen LogP) is 4.48. The summed E-state index contributed by atoms with van der Waals surface area (Å²) in [5.41, 5.74) is 8.90. The normalized spacial score (nSPS) is 18.1. The minimum Gasteiger partial charge on any atom is -0.481 e. The molecule has 0 aliphatic carbocycles. The number of unbranched alkanes of at least 4 members (excludes halogenated alkanes) is 1. The molecular weight excluding hydrogens is 520 g/mol. The summed E-state index contributed by atoms with van der Waals surface area (Å²) in [5.74, 6) is -0.829. The molecule has 2 aromatic rings. The van der Waals surface area contributed by atoms with E-state index in [-0.39, 0.29) is 37.2 Å². The number of rotatable bonds is 13. The van der Waals surface area contributed by atoms with Gasteiger partial charge in [0.1, 0.15) is 11.9 Å². The number of benzene rings is 2. The minimum atomic E-state index is -0.978. The van der Waals surface area contributed by atoms with E-state index in [2.05, 4.69) is 17.2 Å². The minimum absolute atomic E-state index is 0. The fourth-order valence-corrected chi connectivity index (χ4v) is 4.53. The molecule has 1 aliphatic heterocycles. The molecule has 39 heavy (non-hydrogen) atoms. The monoisotopic (exact) mass is 558 g/mol. The Morgan fingerprint density at radius 2 is 1.87 bits per heavy atom. The SMILES string of the molecule is CCCCN=C(N)c1ccc([C@@H]2C[C@H](CC(=O)N[C@H](CCc3ccccc3)CC(=O)O)OC(=O)N2C)cc1.Cl. The molecule has 10 heteroatoms. The Labute approximate surface area is 236 Å². The number of nitrogens with two attached hydrogens (primary N) is 1. The van der Waals surface area contributed by atoms with E-state index in [1.807, 2.05) is 54.6 Å². The van der Waals surface area contributed by atoms with Crippen molar-refractivity contribution in [1.29, 1.82) is 0 Å². The largest absolute Gasteiger partial charge is 0.481 e. The summed E-state index contributed by atoms with van der Waals surface area (Å²) in [6.07, 6.45) is 2.27. The van der Waals surface area contributed by atoms with Gasteiger partial charge in [-0.25, -0.2) is 4.79 Å². The van der Waals surface area contributed by atoms with Gasteiger partial charge in [0.25, 0.3) is 0 Å². The van der Waals surface area contributed by atoms with E-state index in [0.717, 1.165) is 29.5 Å². The number of amidine groups is 1. The number of nitrogens with one attached hydrogen (secondary N) is 1. The van der Waals surface area contributed by atoms with Crippen LogP contribution in [0, 0.1) is 0 Å². The number of amides is 2. The van der Waals surface area contributed by atoms with Crippen LogP contribution < -0.4 is 11.1 Å². The van der Waals surface area contributed by atoms with E-state index < -0.39 is 24.2 Å². The molecule has 1 aliphatic rings. The van der Waals surface area contributed by atoms with Crippen molar-refractivity contribution in [1.82, 2.24) is 10.2 Å². The van der Waals surface area contributed by atoms with Crippen LogP contribution in [0.2, 0.25) is 0 Å². The van der Waals surface area contributed by atoms with Crippen molar-refractivity contribution < 1.29 is 24.2 Å². The number of cyclic esters (lactones) is 1. The molecule has 4 N–H and O–H groups in total. The van der Waals surface area contributed by atoms with Gasteiger partial charge in [-0.05, 0) is 30.4 Å². The lowest BCUT2D eigenvalue weighted by Crippen LogP contribution is -2.45. The van der Waals surface area contributed by atoms with Crippen molar-refractivity contribution in [3.8, 4) is 0 Å². The van der Waals surface area contributed by atoms with E-state index >= 15 is 0 Å². The lowest BCUT2D eigenvalue weighted by atomic mass is 9.95. The Morgan fingerprint density at radius 3 is 2.51 bits per heavy atom. The van der Waals surface area contributed by atoms with Gasteiger partial charge in [-0.15, -0.1) is 12.4 Å². The average molecular weight is 559 g/mol. The summed E-state index contributed by atoms with van der Waals surface area (Å²) >= 11 is 0. The third-order valence-corrected chi connectivity index (χ3v) is 6.72. The smallest absolute Gasteiger partial charge is 0.410 e. The molecular formula is C29H39ClN4O5. The molecule has 0 bridgehead atoms. The number of aliphatic imine (C=N–C) groups is 1. The number of aryl methyl sites for hydroxylation is 1. The molecule has 3 rings (SSSR count). The molecule has 3 atom stereocenters. The maximum absolute atomic E-state index is 12.8. The van der Waals surface area contributed by atoms with Crippen molar-refractivity contribution in [3.63, 3.8) is 0 Å². The third kappa shape index (κ3) is 9.90. The zero-order valence-electron chi connectivity index (χ0n) is 22.5. The van der Waals surface area contributed by atoms with E-state index in [0.29, 0.717) is 31.6 Å². The zero-order valence-corrected chi connectivity index (χ0v) is 23.4. The number of nitrogens with zero attached hydrogens (tertiary/aromatic N) is 2. The number of carbonyl (C=O) groups excluding carboxylic acids is 2. The number of carboxylic acid groups (broad SMARTS) is 1. The Kier molecular flexibility index (Phi) is 12.8.